The van der Waals surface area contributed by atoms with E-state index >= 15 is 0 Å². The van der Waals surface area contributed by atoms with E-state index in [1.807, 2.05) is 30.3 Å². The molecule has 0 N–H and O–H groups in total. The maximum atomic E-state index is 10.6. The molecule has 0 fully saturated rings. The third-order valence-corrected chi connectivity index (χ3v) is 11.2. The summed E-state index contributed by atoms with van der Waals surface area (Å²) in [6.45, 7) is 0. The van der Waals surface area contributed by atoms with Crippen molar-refractivity contribution in [3.8, 4) is 28.6 Å². The van der Waals surface area contributed by atoms with Gasteiger partial charge in [0.25, 0.3) is 0 Å². The molecule has 12 aromatic rings. The summed E-state index contributed by atoms with van der Waals surface area (Å²) in [5.41, 5.74) is 12.3. The lowest BCUT2D eigenvalue weighted by Gasteiger charge is -2.13. The van der Waals surface area contributed by atoms with Gasteiger partial charge in [0.1, 0.15) is 22.3 Å². The van der Waals surface area contributed by atoms with Crippen LogP contribution in [0.2, 0.25) is 0 Å². The summed E-state index contributed by atoms with van der Waals surface area (Å²) in [4.78, 5) is 0. The molecule has 0 aliphatic heterocycles. The molecule has 0 amide bonds. The number of aromatic nitrogens is 2. The van der Waals surface area contributed by atoms with Crippen molar-refractivity contribution in [2.75, 3.05) is 0 Å². The molecule has 0 saturated carbocycles. The Morgan fingerprint density at radius 3 is 1.44 bits per heavy atom. The molecule has 54 heavy (non-hydrogen) atoms. The van der Waals surface area contributed by atoms with E-state index in [4.69, 9.17) is 8.83 Å². The van der Waals surface area contributed by atoms with E-state index in [1.165, 1.54) is 10.8 Å². The minimum atomic E-state index is 0.610. The Balaban J connectivity index is 1.04. The second-order valence-corrected chi connectivity index (χ2v) is 14.0. The summed E-state index contributed by atoms with van der Waals surface area (Å²) in [6.07, 6.45) is 0. The molecule has 0 radical (unpaired) electrons. The van der Waals surface area contributed by atoms with Gasteiger partial charge in [-0.2, -0.15) is 5.26 Å². The van der Waals surface area contributed by atoms with Crippen LogP contribution in [0.4, 0.5) is 0 Å². The Kier molecular flexibility index (Phi) is 5.78. The molecule has 0 aliphatic carbocycles. The number of benzene rings is 8. The van der Waals surface area contributed by atoms with Crippen molar-refractivity contribution in [1.29, 1.82) is 5.26 Å². The second-order valence-electron chi connectivity index (χ2n) is 14.0. The number of hydrogen-bond donors (Lipinski definition) is 0. The van der Waals surface area contributed by atoms with Gasteiger partial charge in [0.2, 0.25) is 0 Å². The summed E-state index contributed by atoms with van der Waals surface area (Å²) < 4.78 is 17.3. The topological polar surface area (TPSA) is 59.9 Å². The number of fused-ring (bicyclic) bond motifs is 14. The summed E-state index contributed by atoms with van der Waals surface area (Å²) in [5, 5.41) is 19.7. The molecule has 0 spiro atoms. The van der Waals surface area contributed by atoms with Crippen molar-refractivity contribution >= 4 is 87.5 Å². The van der Waals surface area contributed by atoms with Gasteiger partial charge in [0.15, 0.2) is 0 Å². The number of rotatable bonds is 3. The number of nitriles is 1. The number of para-hydroxylation sites is 4. The van der Waals surface area contributed by atoms with E-state index in [0.717, 1.165) is 99.2 Å². The fraction of sp³-hybridized carbons (Fsp3) is 0. The van der Waals surface area contributed by atoms with Crippen molar-refractivity contribution in [3.05, 3.63) is 169 Å². The zero-order valence-electron chi connectivity index (χ0n) is 28.7. The van der Waals surface area contributed by atoms with Crippen molar-refractivity contribution in [2.24, 2.45) is 0 Å². The molecule has 0 saturated heterocycles. The van der Waals surface area contributed by atoms with Crippen LogP contribution >= 0.6 is 0 Å². The maximum Gasteiger partial charge on any atom is 0.137 e. The predicted molar refractivity (Wildman–Crippen MR) is 220 cm³/mol. The van der Waals surface area contributed by atoms with Gasteiger partial charge in [0.05, 0.1) is 44.5 Å². The molecule has 0 aliphatic rings. The van der Waals surface area contributed by atoms with Gasteiger partial charge in [-0.3, -0.25) is 0 Å². The minimum absolute atomic E-state index is 0.610. The first-order valence-electron chi connectivity index (χ1n) is 18.1. The minimum Gasteiger partial charge on any atom is -0.456 e. The van der Waals surface area contributed by atoms with Crippen LogP contribution < -0.4 is 0 Å². The molecule has 0 unspecified atom stereocenters. The van der Waals surface area contributed by atoms with Crippen LogP contribution in [0.3, 0.4) is 0 Å². The first-order valence-corrected chi connectivity index (χ1v) is 18.1. The van der Waals surface area contributed by atoms with Crippen LogP contribution in [0, 0.1) is 11.3 Å². The number of nitrogens with zero attached hydrogens (tertiary/aromatic N) is 3. The average molecular weight is 690 g/mol. The van der Waals surface area contributed by atoms with E-state index in [9.17, 15) is 5.26 Å². The molecule has 250 valence electrons. The van der Waals surface area contributed by atoms with Crippen molar-refractivity contribution in [3.63, 3.8) is 0 Å². The molecule has 0 atom stereocenters. The Labute approximate surface area is 307 Å². The molecule has 4 heterocycles. The fourth-order valence-corrected chi connectivity index (χ4v) is 8.87. The molecular formula is C49H27N3O2. The quantitative estimate of drug-likeness (QED) is 0.185. The monoisotopic (exact) mass is 689 g/mol. The third-order valence-electron chi connectivity index (χ3n) is 11.2. The molecule has 5 nitrogen and oxygen atoms in total. The van der Waals surface area contributed by atoms with Crippen LogP contribution in [0.1, 0.15) is 5.56 Å². The Hall–Kier alpha value is -7.55. The Morgan fingerprint density at radius 2 is 0.889 bits per heavy atom. The highest BCUT2D eigenvalue weighted by Gasteiger charge is 2.21. The SMILES string of the molecule is N#Cc1cc(-n2c3ccccc3c3ccc4oc5ccccc5c4c32)ccc1-c1ccc(-n2c3ccccc3c3ccc4oc5ccccc5c4c32)cc1. The van der Waals surface area contributed by atoms with Gasteiger partial charge in [-0.1, -0.05) is 91.0 Å². The van der Waals surface area contributed by atoms with Crippen LogP contribution in [0.25, 0.3) is 110 Å². The molecule has 0 bridgehead atoms. The van der Waals surface area contributed by atoms with Gasteiger partial charge >= 0.3 is 0 Å². The standard InChI is InChI=1S/C49H27N3O2/c50-28-30-27-32(52-41-14-6-2-10-35(41)37-24-26-45-47(49(37)52)39-12-4-8-16-43(39)54-45)21-22-33(30)29-17-19-31(20-18-29)51-40-13-5-1-9-34(40)36-23-25-44-46(48(36)51)38-11-3-7-15-42(38)53-44/h1-27H. The molecule has 12 rings (SSSR count). The zero-order valence-corrected chi connectivity index (χ0v) is 28.7. The normalized spacial score (nSPS) is 12.1. The first-order chi connectivity index (χ1) is 26.7. The van der Waals surface area contributed by atoms with Crippen molar-refractivity contribution < 1.29 is 8.83 Å². The van der Waals surface area contributed by atoms with E-state index in [2.05, 4.69) is 149 Å². The van der Waals surface area contributed by atoms with Crippen molar-refractivity contribution in [2.45, 2.75) is 0 Å². The number of hydrogen-bond acceptors (Lipinski definition) is 3. The average Bonchev–Trinajstić information content (AvgIpc) is 3.98. The van der Waals surface area contributed by atoms with E-state index < -0.39 is 0 Å². The van der Waals surface area contributed by atoms with Crippen LogP contribution in [-0.2, 0) is 0 Å². The van der Waals surface area contributed by atoms with Crippen LogP contribution in [0.15, 0.2) is 173 Å². The van der Waals surface area contributed by atoms with Crippen molar-refractivity contribution in [1.82, 2.24) is 9.13 Å². The summed E-state index contributed by atoms with van der Waals surface area (Å²) in [6, 6.07) is 59.3. The molecule has 5 heteroatoms. The molecule has 8 aromatic carbocycles. The van der Waals surface area contributed by atoms with E-state index in [0.29, 0.717) is 5.56 Å². The lowest BCUT2D eigenvalue weighted by molar-refractivity contribution is 0.669. The summed E-state index contributed by atoms with van der Waals surface area (Å²) in [7, 11) is 0. The van der Waals surface area contributed by atoms with Gasteiger partial charge < -0.3 is 18.0 Å². The highest BCUT2D eigenvalue weighted by Crippen LogP contribution is 2.43. The van der Waals surface area contributed by atoms with Crippen LogP contribution in [0.5, 0.6) is 0 Å². The molecule has 4 aromatic heterocycles. The highest BCUT2D eigenvalue weighted by atomic mass is 16.3. The Bertz CT molecular complexity index is 3570. The first kappa shape index (κ1) is 29.1. The predicted octanol–water partition coefficient (Wildman–Crippen LogP) is 13.2. The Morgan fingerprint density at radius 1 is 0.407 bits per heavy atom. The third kappa shape index (κ3) is 3.86. The molecular weight excluding hydrogens is 663 g/mol. The maximum absolute atomic E-state index is 10.6. The zero-order chi connectivity index (χ0) is 35.5. The largest absolute Gasteiger partial charge is 0.456 e. The fourth-order valence-electron chi connectivity index (χ4n) is 8.87. The highest BCUT2D eigenvalue weighted by molar-refractivity contribution is 6.25. The smallest absolute Gasteiger partial charge is 0.137 e. The van der Waals surface area contributed by atoms with Gasteiger partial charge in [0, 0.05) is 43.7 Å². The van der Waals surface area contributed by atoms with Gasteiger partial charge in [-0.15, -0.1) is 0 Å². The number of furan rings is 2. The lowest BCUT2D eigenvalue weighted by atomic mass is 9.99. The second kappa shape index (κ2) is 10.7. The van der Waals surface area contributed by atoms with E-state index in [1.54, 1.807) is 0 Å². The summed E-state index contributed by atoms with van der Waals surface area (Å²) >= 11 is 0. The van der Waals surface area contributed by atoms with Gasteiger partial charge in [-0.05, 0) is 83.9 Å². The van der Waals surface area contributed by atoms with E-state index in [-0.39, 0.29) is 0 Å². The lowest BCUT2D eigenvalue weighted by Crippen LogP contribution is -1.97. The van der Waals surface area contributed by atoms with Gasteiger partial charge in [-0.25, -0.2) is 0 Å². The summed E-state index contributed by atoms with van der Waals surface area (Å²) in [5.74, 6) is 0. The van der Waals surface area contributed by atoms with Crippen LogP contribution in [-0.4, -0.2) is 9.13 Å².